The second kappa shape index (κ2) is 5.12. The highest BCUT2D eigenvalue weighted by atomic mass is 32.2. The average molecular weight is 266 g/mol. The van der Waals surface area contributed by atoms with E-state index in [1.165, 1.54) is 6.07 Å². The first kappa shape index (κ1) is 13.1. The molecular formula is C13H18N2O2S. The Morgan fingerprint density at radius 3 is 2.72 bits per heavy atom. The van der Waals surface area contributed by atoms with Gasteiger partial charge in [0.25, 0.3) is 0 Å². The number of allylic oxidation sites excluding steroid dienone is 1. The van der Waals surface area contributed by atoms with E-state index in [1.54, 1.807) is 12.1 Å². The monoisotopic (exact) mass is 266 g/mol. The van der Waals surface area contributed by atoms with Crippen molar-refractivity contribution in [2.45, 2.75) is 37.1 Å². The Labute approximate surface area is 108 Å². The number of anilines is 1. The molecule has 0 saturated heterocycles. The molecule has 0 fully saturated rings. The van der Waals surface area contributed by atoms with Gasteiger partial charge in [-0.05, 0) is 43.9 Å². The third-order valence-electron chi connectivity index (χ3n) is 3.15. The van der Waals surface area contributed by atoms with Crippen molar-refractivity contribution in [2.24, 2.45) is 0 Å². The first-order valence-electron chi connectivity index (χ1n) is 6.02. The summed E-state index contributed by atoms with van der Waals surface area (Å²) in [6, 6.07) is 4.82. The zero-order chi connectivity index (χ0) is 13.2. The normalized spacial score (nSPS) is 19.9. The fourth-order valence-corrected chi connectivity index (χ4v) is 3.29. The number of hydrogen-bond donors (Lipinski definition) is 2. The molecule has 0 amide bonds. The van der Waals surface area contributed by atoms with Gasteiger partial charge in [-0.15, -0.1) is 0 Å². The van der Waals surface area contributed by atoms with Crippen LogP contribution in [0.25, 0.3) is 0 Å². The molecule has 0 heterocycles. The Kier molecular flexibility index (Phi) is 3.73. The summed E-state index contributed by atoms with van der Waals surface area (Å²) in [5.41, 5.74) is 7.13. The topological polar surface area (TPSA) is 72.2 Å². The Bertz CT molecular complexity index is 564. The van der Waals surface area contributed by atoms with Crippen LogP contribution in [0.15, 0.2) is 35.2 Å². The molecular weight excluding hydrogens is 248 g/mol. The van der Waals surface area contributed by atoms with Gasteiger partial charge in [0.05, 0.1) is 4.90 Å². The molecule has 1 aliphatic carbocycles. The largest absolute Gasteiger partial charge is 0.398 e. The van der Waals surface area contributed by atoms with E-state index >= 15 is 0 Å². The van der Waals surface area contributed by atoms with E-state index in [0.29, 0.717) is 5.69 Å². The van der Waals surface area contributed by atoms with Gasteiger partial charge in [-0.2, -0.15) is 0 Å². The van der Waals surface area contributed by atoms with Crippen LogP contribution in [0.1, 0.15) is 24.8 Å². The minimum atomic E-state index is -3.46. The summed E-state index contributed by atoms with van der Waals surface area (Å²) in [4.78, 5) is 0.236. The summed E-state index contributed by atoms with van der Waals surface area (Å²) in [5.74, 6) is 0. The molecule has 1 aliphatic rings. The van der Waals surface area contributed by atoms with E-state index in [1.807, 2.05) is 13.0 Å². The van der Waals surface area contributed by atoms with Crippen molar-refractivity contribution in [1.82, 2.24) is 4.72 Å². The Hall–Kier alpha value is -1.33. The lowest BCUT2D eigenvalue weighted by molar-refractivity contribution is 0.522. The van der Waals surface area contributed by atoms with Gasteiger partial charge in [-0.1, -0.05) is 18.2 Å². The van der Waals surface area contributed by atoms with Gasteiger partial charge in [-0.3, -0.25) is 0 Å². The number of sulfonamides is 1. The second-order valence-electron chi connectivity index (χ2n) is 4.62. The number of nitrogens with two attached hydrogens (primary N) is 1. The number of benzene rings is 1. The number of rotatable bonds is 3. The minimum absolute atomic E-state index is 0.0115. The van der Waals surface area contributed by atoms with Gasteiger partial charge in [0.2, 0.25) is 10.0 Å². The van der Waals surface area contributed by atoms with Crippen LogP contribution in [0.5, 0.6) is 0 Å². The summed E-state index contributed by atoms with van der Waals surface area (Å²) >= 11 is 0. The molecule has 1 atom stereocenters. The summed E-state index contributed by atoms with van der Waals surface area (Å²) in [7, 11) is -3.46. The third kappa shape index (κ3) is 2.91. The minimum Gasteiger partial charge on any atom is -0.398 e. The first-order chi connectivity index (χ1) is 8.49. The number of nitrogens with one attached hydrogen (secondary N) is 1. The molecule has 5 heteroatoms. The molecule has 4 nitrogen and oxygen atoms in total. The average Bonchev–Trinajstić information content (AvgIpc) is 2.33. The van der Waals surface area contributed by atoms with Crippen molar-refractivity contribution >= 4 is 15.7 Å². The predicted octanol–water partition coefficient (Wildman–Crippen LogP) is 1.96. The Balaban J connectivity index is 2.19. The standard InChI is InChI=1S/C13H18N2O2S/c1-10-7-8-12(9-13(10)14)18(16,17)15-11-5-3-2-4-6-11/h2-3,7-9,11,15H,4-6,14H2,1H3. The molecule has 3 N–H and O–H groups in total. The number of nitrogen functional groups attached to an aromatic ring is 1. The van der Waals surface area contributed by atoms with Crippen LogP contribution >= 0.6 is 0 Å². The van der Waals surface area contributed by atoms with Gasteiger partial charge in [-0.25, -0.2) is 13.1 Å². The fourth-order valence-electron chi connectivity index (χ4n) is 1.97. The molecule has 0 aliphatic heterocycles. The van der Waals surface area contributed by atoms with Crippen molar-refractivity contribution in [1.29, 1.82) is 0 Å². The molecule has 0 bridgehead atoms. The molecule has 0 radical (unpaired) electrons. The maximum absolute atomic E-state index is 12.2. The van der Waals surface area contributed by atoms with E-state index in [-0.39, 0.29) is 10.9 Å². The smallest absolute Gasteiger partial charge is 0.240 e. The predicted molar refractivity (Wildman–Crippen MR) is 72.7 cm³/mol. The van der Waals surface area contributed by atoms with Crippen molar-refractivity contribution < 1.29 is 8.42 Å². The Morgan fingerprint density at radius 1 is 1.33 bits per heavy atom. The van der Waals surface area contributed by atoms with Crippen LogP contribution in [0, 0.1) is 6.92 Å². The van der Waals surface area contributed by atoms with Crippen LogP contribution in [0.4, 0.5) is 5.69 Å². The lowest BCUT2D eigenvalue weighted by atomic mass is 10.0. The van der Waals surface area contributed by atoms with Crippen molar-refractivity contribution in [3.63, 3.8) is 0 Å². The van der Waals surface area contributed by atoms with Crippen LogP contribution in [0.3, 0.4) is 0 Å². The van der Waals surface area contributed by atoms with E-state index in [4.69, 9.17) is 5.73 Å². The summed E-state index contributed by atoms with van der Waals surface area (Å²) in [5, 5.41) is 0. The SMILES string of the molecule is Cc1ccc(S(=O)(=O)NC2CC=CCC2)cc1N. The molecule has 18 heavy (non-hydrogen) atoms. The molecule has 98 valence electrons. The second-order valence-corrected chi connectivity index (χ2v) is 6.34. The van der Waals surface area contributed by atoms with E-state index in [9.17, 15) is 8.42 Å². The maximum atomic E-state index is 12.2. The molecule has 0 spiro atoms. The maximum Gasteiger partial charge on any atom is 0.240 e. The molecule has 1 unspecified atom stereocenters. The van der Waals surface area contributed by atoms with Crippen molar-refractivity contribution in [3.8, 4) is 0 Å². The van der Waals surface area contributed by atoms with Crippen LogP contribution in [-0.4, -0.2) is 14.5 Å². The molecule has 1 aromatic rings. The summed E-state index contributed by atoms with van der Waals surface area (Å²) in [6.45, 7) is 1.85. The lowest BCUT2D eigenvalue weighted by Crippen LogP contribution is -2.35. The highest BCUT2D eigenvalue weighted by molar-refractivity contribution is 7.89. The van der Waals surface area contributed by atoms with Crippen molar-refractivity contribution in [3.05, 3.63) is 35.9 Å². The molecule has 2 rings (SSSR count). The molecule has 0 aromatic heterocycles. The van der Waals surface area contributed by atoms with Crippen molar-refractivity contribution in [2.75, 3.05) is 5.73 Å². The molecule has 1 aromatic carbocycles. The summed E-state index contributed by atoms with van der Waals surface area (Å²) < 4.78 is 27.1. The zero-order valence-electron chi connectivity index (χ0n) is 10.4. The number of hydrogen-bond acceptors (Lipinski definition) is 3. The van der Waals surface area contributed by atoms with E-state index in [0.717, 1.165) is 24.8 Å². The van der Waals surface area contributed by atoms with Gasteiger partial charge in [0.1, 0.15) is 0 Å². The van der Waals surface area contributed by atoms with Crippen LogP contribution in [0.2, 0.25) is 0 Å². The van der Waals surface area contributed by atoms with Gasteiger partial charge < -0.3 is 5.73 Å². The Morgan fingerprint density at radius 2 is 2.11 bits per heavy atom. The van der Waals surface area contributed by atoms with Gasteiger partial charge in [0, 0.05) is 11.7 Å². The fraction of sp³-hybridized carbons (Fsp3) is 0.385. The van der Waals surface area contributed by atoms with Gasteiger partial charge >= 0.3 is 0 Å². The molecule has 0 saturated carbocycles. The lowest BCUT2D eigenvalue weighted by Gasteiger charge is -2.19. The van der Waals surface area contributed by atoms with Gasteiger partial charge in [0.15, 0.2) is 0 Å². The third-order valence-corrected chi connectivity index (χ3v) is 4.67. The quantitative estimate of drug-likeness (QED) is 0.649. The number of aryl methyl sites for hydroxylation is 1. The summed E-state index contributed by atoms with van der Waals surface area (Å²) in [6.07, 6.45) is 6.61. The van der Waals surface area contributed by atoms with Crippen LogP contribution < -0.4 is 10.5 Å². The highest BCUT2D eigenvalue weighted by Gasteiger charge is 2.20. The van der Waals surface area contributed by atoms with E-state index < -0.39 is 10.0 Å². The van der Waals surface area contributed by atoms with E-state index in [2.05, 4.69) is 10.8 Å². The van der Waals surface area contributed by atoms with Crippen LogP contribution in [-0.2, 0) is 10.0 Å². The highest BCUT2D eigenvalue weighted by Crippen LogP contribution is 2.19. The zero-order valence-corrected chi connectivity index (χ0v) is 11.2. The first-order valence-corrected chi connectivity index (χ1v) is 7.51.